The Bertz CT molecular complexity index is 1020. The first-order chi connectivity index (χ1) is 14.6. The number of rotatable bonds is 7. The standard InChI is InChI=1S/C22H23N3O5/c26-22(30-18-11-9-17(10-12-18)25(27)28)29-14-13-20(16-5-1-2-6-16)24-15-23-19-7-3-4-8-21(19)24/h3-4,7-12,15-16,20H,1-2,5-6,13-14H2/t20-/m0/s1. The summed E-state index contributed by atoms with van der Waals surface area (Å²) in [6.07, 6.45) is 6.48. The van der Waals surface area contributed by atoms with Gasteiger partial charge in [0, 0.05) is 24.6 Å². The summed E-state index contributed by atoms with van der Waals surface area (Å²) in [6.45, 7) is 0.222. The van der Waals surface area contributed by atoms with Crippen LogP contribution in [0.1, 0.15) is 38.1 Å². The Morgan fingerprint density at radius 1 is 1.17 bits per heavy atom. The number of nitro groups is 1. The SMILES string of the molecule is O=C(OCC[C@@H](C1CCCC1)n1cnc2ccccc21)Oc1ccc([N+](=O)[O-])cc1. The zero-order valence-corrected chi connectivity index (χ0v) is 16.5. The Labute approximate surface area is 173 Å². The molecule has 0 radical (unpaired) electrons. The summed E-state index contributed by atoms with van der Waals surface area (Å²) >= 11 is 0. The number of aromatic nitrogens is 2. The van der Waals surface area contributed by atoms with Crippen LogP contribution in [0, 0.1) is 16.0 Å². The molecule has 3 aromatic rings. The summed E-state index contributed by atoms with van der Waals surface area (Å²) < 4.78 is 12.6. The first-order valence-corrected chi connectivity index (χ1v) is 10.1. The lowest BCUT2D eigenvalue weighted by Gasteiger charge is -2.25. The Hall–Kier alpha value is -3.42. The summed E-state index contributed by atoms with van der Waals surface area (Å²) in [7, 11) is 0. The topological polar surface area (TPSA) is 96.5 Å². The quantitative estimate of drug-likeness (QED) is 0.228. The molecule has 0 amide bonds. The van der Waals surface area contributed by atoms with Crippen molar-refractivity contribution in [2.75, 3.05) is 6.61 Å². The lowest BCUT2D eigenvalue weighted by Crippen LogP contribution is -2.20. The summed E-state index contributed by atoms with van der Waals surface area (Å²) in [6, 6.07) is 13.5. The number of carbonyl (C=O) groups is 1. The van der Waals surface area contributed by atoms with Crippen molar-refractivity contribution in [3.05, 3.63) is 65.0 Å². The average molecular weight is 409 g/mol. The molecule has 8 heteroatoms. The first-order valence-electron chi connectivity index (χ1n) is 10.1. The van der Waals surface area contributed by atoms with Crippen LogP contribution >= 0.6 is 0 Å². The third-order valence-corrected chi connectivity index (χ3v) is 5.66. The van der Waals surface area contributed by atoms with Crippen molar-refractivity contribution in [2.24, 2.45) is 5.92 Å². The molecule has 30 heavy (non-hydrogen) atoms. The second-order valence-electron chi connectivity index (χ2n) is 7.49. The molecule has 1 atom stereocenters. The second kappa shape index (κ2) is 8.94. The van der Waals surface area contributed by atoms with E-state index in [0.717, 1.165) is 23.9 Å². The molecule has 1 heterocycles. The number of hydrogen-bond acceptors (Lipinski definition) is 6. The molecule has 1 aromatic heterocycles. The van der Waals surface area contributed by atoms with Gasteiger partial charge in [0.2, 0.25) is 0 Å². The van der Waals surface area contributed by atoms with Crippen molar-refractivity contribution in [2.45, 2.75) is 38.1 Å². The van der Waals surface area contributed by atoms with Crippen LogP contribution in [0.3, 0.4) is 0 Å². The fraction of sp³-hybridized carbons (Fsp3) is 0.364. The van der Waals surface area contributed by atoms with Crippen LogP contribution in [0.4, 0.5) is 10.5 Å². The number of nitro benzene ring substituents is 1. The van der Waals surface area contributed by atoms with Crippen LogP contribution in [0.15, 0.2) is 54.9 Å². The predicted molar refractivity (Wildman–Crippen MR) is 110 cm³/mol. The molecular formula is C22H23N3O5. The van der Waals surface area contributed by atoms with Crippen LogP contribution in [0.25, 0.3) is 11.0 Å². The van der Waals surface area contributed by atoms with Crippen LogP contribution in [-0.2, 0) is 4.74 Å². The lowest BCUT2D eigenvalue weighted by atomic mass is 9.95. The van der Waals surface area contributed by atoms with E-state index in [4.69, 9.17) is 9.47 Å². The maximum atomic E-state index is 12.0. The van der Waals surface area contributed by atoms with Gasteiger partial charge in [-0.25, -0.2) is 9.78 Å². The first kappa shape index (κ1) is 19.9. The fourth-order valence-corrected chi connectivity index (χ4v) is 4.21. The predicted octanol–water partition coefficient (Wildman–Crippen LogP) is 5.28. The molecule has 0 spiro atoms. The Morgan fingerprint density at radius 3 is 2.63 bits per heavy atom. The Balaban J connectivity index is 1.38. The van der Waals surface area contributed by atoms with Gasteiger partial charge >= 0.3 is 6.16 Å². The molecule has 0 bridgehead atoms. The fourth-order valence-electron chi connectivity index (χ4n) is 4.21. The molecular weight excluding hydrogens is 386 g/mol. The molecule has 4 rings (SSSR count). The van der Waals surface area contributed by atoms with Gasteiger partial charge < -0.3 is 14.0 Å². The van der Waals surface area contributed by atoms with Gasteiger partial charge in [0.15, 0.2) is 0 Å². The number of ether oxygens (including phenoxy) is 2. The van der Waals surface area contributed by atoms with Crippen molar-refractivity contribution >= 4 is 22.9 Å². The van der Waals surface area contributed by atoms with Crippen molar-refractivity contribution in [1.29, 1.82) is 0 Å². The highest BCUT2D eigenvalue weighted by atomic mass is 16.7. The maximum Gasteiger partial charge on any atom is 0.513 e. The number of benzene rings is 2. The van der Waals surface area contributed by atoms with Gasteiger partial charge in [0.1, 0.15) is 5.75 Å². The third-order valence-electron chi connectivity index (χ3n) is 5.66. The number of non-ortho nitro benzene ring substituents is 1. The van der Waals surface area contributed by atoms with E-state index in [1.807, 2.05) is 24.5 Å². The van der Waals surface area contributed by atoms with E-state index in [-0.39, 0.29) is 24.1 Å². The molecule has 0 unspecified atom stereocenters. The molecule has 0 saturated heterocycles. The summed E-state index contributed by atoms with van der Waals surface area (Å²) in [5.41, 5.74) is 1.98. The normalized spacial score (nSPS) is 15.2. The van der Waals surface area contributed by atoms with E-state index in [1.165, 1.54) is 37.1 Å². The minimum Gasteiger partial charge on any atom is -0.434 e. The van der Waals surface area contributed by atoms with Crippen molar-refractivity contribution < 1.29 is 19.2 Å². The molecule has 0 aliphatic heterocycles. The molecule has 8 nitrogen and oxygen atoms in total. The van der Waals surface area contributed by atoms with Crippen LogP contribution in [-0.4, -0.2) is 27.2 Å². The number of para-hydroxylation sites is 2. The number of nitrogens with zero attached hydrogens (tertiary/aromatic N) is 3. The minimum absolute atomic E-state index is 0.0670. The molecule has 0 N–H and O–H groups in total. The largest absolute Gasteiger partial charge is 0.513 e. The third kappa shape index (κ3) is 4.42. The number of hydrogen-bond donors (Lipinski definition) is 0. The smallest absolute Gasteiger partial charge is 0.434 e. The number of imidazole rings is 1. The van der Waals surface area contributed by atoms with E-state index < -0.39 is 11.1 Å². The van der Waals surface area contributed by atoms with Gasteiger partial charge in [-0.2, -0.15) is 0 Å². The highest BCUT2D eigenvalue weighted by Gasteiger charge is 2.27. The van der Waals surface area contributed by atoms with Crippen LogP contribution in [0.5, 0.6) is 5.75 Å². The summed E-state index contributed by atoms with van der Waals surface area (Å²) in [5.74, 6) is 0.732. The summed E-state index contributed by atoms with van der Waals surface area (Å²) in [4.78, 5) is 26.7. The lowest BCUT2D eigenvalue weighted by molar-refractivity contribution is -0.384. The average Bonchev–Trinajstić information content (AvgIpc) is 3.42. The monoisotopic (exact) mass is 409 g/mol. The van der Waals surface area contributed by atoms with Crippen molar-refractivity contribution in [1.82, 2.24) is 9.55 Å². The van der Waals surface area contributed by atoms with Crippen molar-refractivity contribution in [3.63, 3.8) is 0 Å². The summed E-state index contributed by atoms with van der Waals surface area (Å²) in [5, 5.41) is 10.7. The van der Waals surface area contributed by atoms with E-state index in [2.05, 4.69) is 15.6 Å². The Morgan fingerprint density at radius 2 is 1.90 bits per heavy atom. The van der Waals surface area contributed by atoms with E-state index in [0.29, 0.717) is 12.3 Å². The van der Waals surface area contributed by atoms with Gasteiger partial charge in [-0.15, -0.1) is 0 Å². The molecule has 1 aliphatic rings. The minimum atomic E-state index is -0.815. The zero-order valence-electron chi connectivity index (χ0n) is 16.5. The van der Waals surface area contributed by atoms with Crippen LogP contribution < -0.4 is 4.74 Å². The highest BCUT2D eigenvalue weighted by molar-refractivity contribution is 5.75. The number of fused-ring (bicyclic) bond motifs is 1. The van der Waals surface area contributed by atoms with Gasteiger partial charge in [-0.3, -0.25) is 10.1 Å². The van der Waals surface area contributed by atoms with E-state index >= 15 is 0 Å². The Kier molecular flexibility index (Phi) is 5.92. The molecule has 156 valence electrons. The van der Waals surface area contributed by atoms with Crippen LogP contribution in [0.2, 0.25) is 0 Å². The molecule has 1 fully saturated rings. The van der Waals surface area contributed by atoms with E-state index in [1.54, 1.807) is 0 Å². The van der Waals surface area contributed by atoms with Gasteiger partial charge in [-0.05, 0) is 43.0 Å². The molecule has 1 saturated carbocycles. The molecule has 2 aromatic carbocycles. The van der Waals surface area contributed by atoms with Gasteiger partial charge in [0.25, 0.3) is 5.69 Å². The number of carbonyl (C=O) groups excluding carboxylic acids is 1. The maximum absolute atomic E-state index is 12.0. The zero-order chi connectivity index (χ0) is 20.9. The van der Waals surface area contributed by atoms with Gasteiger partial charge in [0.05, 0.1) is 28.9 Å². The van der Waals surface area contributed by atoms with Crippen molar-refractivity contribution in [3.8, 4) is 5.75 Å². The second-order valence-corrected chi connectivity index (χ2v) is 7.49. The van der Waals surface area contributed by atoms with E-state index in [9.17, 15) is 14.9 Å². The highest BCUT2D eigenvalue weighted by Crippen LogP contribution is 2.37. The molecule has 1 aliphatic carbocycles. The van der Waals surface area contributed by atoms with Gasteiger partial charge in [-0.1, -0.05) is 25.0 Å².